The first-order valence-corrected chi connectivity index (χ1v) is 7.19. The third kappa shape index (κ3) is 5.60. The molecule has 0 aliphatic carbocycles. The quantitative estimate of drug-likeness (QED) is 0.594. The van der Waals surface area contributed by atoms with E-state index in [4.69, 9.17) is 11.6 Å². The maximum Gasteiger partial charge on any atom is 0.220 e. The smallest absolute Gasteiger partial charge is 0.220 e. The average molecular weight is 286 g/mol. The lowest BCUT2D eigenvalue weighted by Gasteiger charge is -2.23. The van der Waals surface area contributed by atoms with Crippen molar-refractivity contribution in [1.29, 1.82) is 0 Å². The van der Waals surface area contributed by atoms with Crippen LogP contribution < -0.4 is 5.32 Å². The zero-order chi connectivity index (χ0) is 14.3. The molecular formula is C15H21ClFNO. The number of amides is 1. The van der Waals surface area contributed by atoms with Crippen LogP contribution in [0.4, 0.5) is 4.39 Å². The molecule has 0 heterocycles. The Morgan fingerprint density at radius 1 is 1.26 bits per heavy atom. The largest absolute Gasteiger partial charge is 0.349 e. The van der Waals surface area contributed by atoms with E-state index in [1.165, 1.54) is 12.1 Å². The standard InChI is InChI=1S/C15H21ClFNO/c1-11(2)15(12-6-8-13(17)9-7-12)18-14(19)5-3-4-10-16/h6-9,11,15H,3-5,10H2,1-2H3,(H,18,19). The van der Waals surface area contributed by atoms with E-state index in [-0.39, 0.29) is 23.7 Å². The number of halogens is 2. The normalized spacial score (nSPS) is 12.5. The van der Waals surface area contributed by atoms with Gasteiger partial charge in [-0.2, -0.15) is 0 Å². The Balaban J connectivity index is 2.63. The summed E-state index contributed by atoms with van der Waals surface area (Å²) in [7, 11) is 0. The maximum absolute atomic E-state index is 12.9. The monoisotopic (exact) mass is 285 g/mol. The van der Waals surface area contributed by atoms with Gasteiger partial charge in [-0.3, -0.25) is 4.79 Å². The van der Waals surface area contributed by atoms with Gasteiger partial charge >= 0.3 is 0 Å². The molecular weight excluding hydrogens is 265 g/mol. The summed E-state index contributed by atoms with van der Waals surface area (Å²) >= 11 is 5.58. The predicted molar refractivity (Wildman–Crippen MR) is 76.7 cm³/mol. The molecule has 1 atom stereocenters. The SMILES string of the molecule is CC(C)C(NC(=O)CCCCCl)c1ccc(F)cc1. The molecule has 0 saturated carbocycles. The first-order chi connectivity index (χ1) is 9.04. The molecule has 106 valence electrons. The van der Waals surface area contributed by atoms with Gasteiger partial charge in [0, 0.05) is 12.3 Å². The summed E-state index contributed by atoms with van der Waals surface area (Å²) in [6.07, 6.45) is 2.12. The van der Waals surface area contributed by atoms with Crippen molar-refractivity contribution in [1.82, 2.24) is 5.32 Å². The molecule has 1 aromatic rings. The lowest BCUT2D eigenvalue weighted by molar-refractivity contribution is -0.122. The third-order valence-electron chi connectivity index (χ3n) is 3.00. The molecule has 0 aromatic heterocycles. The Hall–Kier alpha value is -1.09. The molecule has 1 amide bonds. The van der Waals surface area contributed by atoms with Crippen molar-refractivity contribution in [2.75, 3.05) is 5.88 Å². The number of hydrogen-bond acceptors (Lipinski definition) is 1. The van der Waals surface area contributed by atoms with Crippen molar-refractivity contribution in [3.8, 4) is 0 Å². The predicted octanol–water partition coefficient (Wildman–Crippen LogP) is 4.05. The van der Waals surface area contributed by atoms with Crippen LogP contribution in [0.25, 0.3) is 0 Å². The molecule has 1 rings (SSSR count). The third-order valence-corrected chi connectivity index (χ3v) is 3.27. The lowest BCUT2D eigenvalue weighted by atomic mass is 9.96. The van der Waals surface area contributed by atoms with E-state index < -0.39 is 0 Å². The highest BCUT2D eigenvalue weighted by Crippen LogP contribution is 2.22. The highest BCUT2D eigenvalue weighted by atomic mass is 35.5. The summed E-state index contributed by atoms with van der Waals surface area (Å²) in [4.78, 5) is 11.8. The first-order valence-electron chi connectivity index (χ1n) is 6.65. The second-order valence-corrected chi connectivity index (χ2v) is 5.36. The van der Waals surface area contributed by atoms with Crippen molar-refractivity contribution >= 4 is 17.5 Å². The van der Waals surface area contributed by atoms with Crippen LogP contribution in [0.15, 0.2) is 24.3 Å². The van der Waals surface area contributed by atoms with E-state index in [9.17, 15) is 9.18 Å². The highest BCUT2D eigenvalue weighted by molar-refractivity contribution is 6.17. The number of carbonyl (C=O) groups excluding carboxylic acids is 1. The zero-order valence-corrected chi connectivity index (χ0v) is 12.2. The molecule has 1 aromatic carbocycles. The van der Waals surface area contributed by atoms with Crippen LogP contribution in [0.5, 0.6) is 0 Å². The van der Waals surface area contributed by atoms with Crippen LogP contribution in [-0.2, 0) is 4.79 Å². The minimum Gasteiger partial charge on any atom is -0.349 e. The van der Waals surface area contributed by atoms with Gasteiger partial charge < -0.3 is 5.32 Å². The number of alkyl halides is 1. The number of nitrogens with one attached hydrogen (secondary N) is 1. The van der Waals surface area contributed by atoms with Crippen molar-refractivity contribution in [2.24, 2.45) is 5.92 Å². The molecule has 0 radical (unpaired) electrons. The molecule has 2 nitrogen and oxygen atoms in total. The van der Waals surface area contributed by atoms with Gasteiger partial charge in [-0.1, -0.05) is 26.0 Å². The highest BCUT2D eigenvalue weighted by Gasteiger charge is 2.17. The molecule has 0 aliphatic rings. The minimum absolute atomic E-state index is 0.0214. The van der Waals surface area contributed by atoms with Crippen LogP contribution >= 0.6 is 11.6 Å². The second kappa shape index (κ2) is 8.16. The summed E-state index contributed by atoms with van der Waals surface area (Å²) in [6, 6.07) is 6.21. The van der Waals surface area contributed by atoms with Gasteiger partial charge in [-0.15, -0.1) is 11.6 Å². The first kappa shape index (κ1) is 16.0. The number of unbranched alkanes of at least 4 members (excludes halogenated alkanes) is 1. The number of carbonyl (C=O) groups is 1. The van der Waals surface area contributed by atoms with Gasteiger partial charge in [-0.25, -0.2) is 4.39 Å². The molecule has 0 fully saturated rings. The molecule has 0 saturated heterocycles. The second-order valence-electron chi connectivity index (χ2n) is 4.99. The van der Waals surface area contributed by atoms with E-state index >= 15 is 0 Å². The number of hydrogen-bond donors (Lipinski definition) is 1. The van der Waals surface area contributed by atoms with E-state index in [1.54, 1.807) is 12.1 Å². The lowest BCUT2D eigenvalue weighted by Crippen LogP contribution is -2.31. The fourth-order valence-electron chi connectivity index (χ4n) is 1.93. The van der Waals surface area contributed by atoms with Crippen LogP contribution in [-0.4, -0.2) is 11.8 Å². The van der Waals surface area contributed by atoms with Crippen LogP contribution in [0.3, 0.4) is 0 Å². The summed E-state index contributed by atoms with van der Waals surface area (Å²) in [5.41, 5.74) is 0.932. The van der Waals surface area contributed by atoms with Crippen molar-refractivity contribution in [3.05, 3.63) is 35.6 Å². The fraction of sp³-hybridized carbons (Fsp3) is 0.533. The van der Waals surface area contributed by atoms with Gasteiger partial charge in [-0.05, 0) is 36.5 Å². The number of rotatable bonds is 7. The fourth-order valence-corrected chi connectivity index (χ4v) is 2.12. The molecule has 0 spiro atoms. The van der Waals surface area contributed by atoms with E-state index in [0.29, 0.717) is 12.3 Å². The summed E-state index contributed by atoms with van der Waals surface area (Å²) < 4.78 is 12.9. The van der Waals surface area contributed by atoms with Crippen LogP contribution in [0, 0.1) is 11.7 Å². The van der Waals surface area contributed by atoms with Gasteiger partial charge in [0.1, 0.15) is 5.82 Å². The molecule has 19 heavy (non-hydrogen) atoms. The Kier molecular flexibility index (Phi) is 6.85. The molecule has 1 N–H and O–H groups in total. The van der Waals surface area contributed by atoms with Crippen molar-refractivity contribution in [2.45, 2.75) is 39.2 Å². The van der Waals surface area contributed by atoms with E-state index in [2.05, 4.69) is 5.32 Å². The van der Waals surface area contributed by atoms with Crippen molar-refractivity contribution < 1.29 is 9.18 Å². The molecule has 1 unspecified atom stereocenters. The summed E-state index contributed by atoms with van der Waals surface area (Å²) in [5.74, 6) is 0.592. The van der Waals surface area contributed by atoms with Gasteiger partial charge in [0.25, 0.3) is 0 Å². The minimum atomic E-state index is -0.264. The zero-order valence-electron chi connectivity index (χ0n) is 11.5. The van der Waals surface area contributed by atoms with E-state index in [0.717, 1.165) is 18.4 Å². The average Bonchev–Trinajstić information content (AvgIpc) is 2.37. The molecule has 0 bridgehead atoms. The Morgan fingerprint density at radius 2 is 1.89 bits per heavy atom. The van der Waals surface area contributed by atoms with E-state index in [1.807, 2.05) is 13.8 Å². The van der Waals surface area contributed by atoms with Gasteiger partial charge in [0.15, 0.2) is 0 Å². The Morgan fingerprint density at radius 3 is 2.42 bits per heavy atom. The van der Waals surface area contributed by atoms with Crippen LogP contribution in [0.1, 0.15) is 44.7 Å². The summed E-state index contributed by atoms with van der Waals surface area (Å²) in [5, 5.41) is 3.01. The molecule has 4 heteroatoms. The van der Waals surface area contributed by atoms with Gasteiger partial charge in [0.2, 0.25) is 5.91 Å². The Bertz CT molecular complexity index is 392. The Labute approximate surface area is 119 Å². The molecule has 0 aliphatic heterocycles. The summed E-state index contributed by atoms with van der Waals surface area (Å²) in [6.45, 7) is 4.07. The topological polar surface area (TPSA) is 29.1 Å². The van der Waals surface area contributed by atoms with Gasteiger partial charge in [0.05, 0.1) is 6.04 Å². The van der Waals surface area contributed by atoms with Crippen molar-refractivity contribution in [3.63, 3.8) is 0 Å². The number of benzene rings is 1. The maximum atomic E-state index is 12.9. The van der Waals surface area contributed by atoms with Crippen LogP contribution in [0.2, 0.25) is 0 Å².